The van der Waals surface area contributed by atoms with Crippen LogP contribution in [0.25, 0.3) is 0 Å². The molecule has 0 heterocycles. The zero-order valence-electron chi connectivity index (χ0n) is 9.33. The summed E-state index contributed by atoms with van der Waals surface area (Å²) >= 11 is 0. The number of hydrogen-bond donors (Lipinski definition) is 1. The van der Waals surface area contributed by atoms with E-state index in [1.165, 1.54) is 4.90 Å². The highest BCUT2D eigenvalue weighted by Crippen LogP contribution is 2.27. The van der Waals surface area contributed by atoms with Crippen molar-refractivity contribution in [2.24, 2.45) is 5.41 Å². The molecule has 1 amide bonds. The fraction of sp³-hybridized carbons (Fsp3) is 0.800. The normalized spacial score (nSPS) is 14.6. The zero-order chi connectivity index (χ0) is 11.4. The van der Waals surface area contributed by atoms with Crippen molar-refractivity contribution in [1.29, 1.82) is 0 Å². The summed E-state index contributed by atoms with van der Waals surface area (Å²) < 4.78 is 0. The van der Waals surface area contributed by atoms with Crippen molar-refractivity contribution in [3.63, 3.8) is 0 Å². The molecule has 4 nitrogen and oxygen atoms in total. The first-order chi connectivity index (χ1) is 6.33. The molecule has 0 aromatic carbocycles. The van der Waals surface area contributed by atoms with E-state index in [1.54, 1.807) is 21.0 Å². The smallest absolute Gasteiger partial charge is 0.309 e. The maximum atomic E-state index is 11.3. The summed E-state index contributed by atoms with van der Waals surface area (Å²) in [5.41, 5.74) is -0.772. The van der Waals surface area contributed by atoms with E-state index in [-0.39, 0.29) is 5.91 Å². The number of carbonyl (C=O) groups excluding carboxylic acids is 1. The Morgan fingerprint density at radius 3 is 2.14 bits per heavy atom. The Balaban J connectivity index is 4.22. The minimum atomic E-state index is -0.827. The third-order valence-electron chi connectivity index (χ3n) is 2.69. The Labute approximate surface area is 84.9 Å². The molecule has 82 valence electrons. The number of rotatable bonds is 5. The second kappa shape index (κ2) is 4.98. The predicted molar refractivity (Wildman–Crippen MR) is 54.0 cm³/mol. The van der Waals surface area contributed by atoms with E-state index in [0.29, 0.717) is 19.3 Å². The first kappa shape index (κ1) is 12.9. The largest absolute Gasteiger partial charge is 0.481 e. The summed E-state index contributed by atoms with van der Waals surface area (Å²) in [4.78, 5) is 23.7. The van der Waals surface area contributed by atoms with Crippen LogP contribution in [0.15, 0.2) is 0 Å². The molecule has 0 aliphatic rings. The van der Waals surface area contributed by atoms with E-state index in [1.807, 2.05) is 6.92 Å². The molecule has 4 heteroatoms. The van der Waals surface area contributed by atoms with Gasteiger partial charge >= 0.3 is 5.97 Å². The molecule has 1 unspecified atom stereocenters. The summed E-state index contributed by atoms with van der Waals surface area (Å²) in [7, 11) is 3.35. The van der Waals surface area contributed by atoms with Crippen molar-refractivity contribution in [3.8, 4) is 0 Å². The van der Waals surface area contributed by atoms with Crippen molar-refractivity contribution in [2.75, 3.05) is 14.1 Å². The van der Waals surface area contributed by atoms with Crippen LogP contribution in [0.2, 0.25) is 0 Å². The molecular formula is C10H19NO3. The average Bonchev–Trinajstić information content (AvgIpc) is 2.12. The zero-order valence-corrected chi connectivity index (χ0v) is 9.33. The van der Waals surface area contributed by atoms with E-state index in [2.05, 4.69) is 0 Å². The molecule has 0 saturated heterocycles. The van der Waals surface area contributed by atoms with Crippen LogP contribution in [0.1, 0.15) is 33.1 Å². The number of carboxylic acid groups (broad SMARTS) is 1. The minimum Gasteiger partial charge on any atom is -0.481 e. The van der Waals surface area contributed by atoms with Crippen LogP contribution in [-0.4, -0.2) is 36.0 Å². The summed E-state index contributed by atoms with van der Waals surface area (Å²) in [5.74, 6) is -0.850. The third-order valence-corrected chi connectivity index (χ3v) is 2.69. The van der Waals surface area contributed by atoms with E-state index >= 15 is 0 Å². The quantitative estimate of drug-likeness (QED) is 0.730. The number of hydrogen-bond acceptors (Lipinski definition) is 2. The number of aliphatic carboxylic acids is 1. The van der Waals surface area contributed by atoms with Crippen LogP contribution in [0.4, 0.5) is 0 Å². The first-order valence-corrected chi connectivity index (χ1v) is 4.77. The Morgan fingerprint density at radius 1 is 1.36 bits per heavy atom. The predicted octanol–water partition coefficient (Wildman–Crippen LogP) is 1.36. The van der Waals surface area contributed by atoms with Gasteiger partial charge in [0.2, 0.25) is 5.91 Å². The standard InChI is InChI=1S/C10H19NO3/c1-5-10(2,9(13)14)7-6-8(12)11(3)4/h5-7H2,1-4H3,(H,13,14). The Morgan fingerprint density at radius 2 is 1.86 bits per heavy atom. The molecule has 0 spiro atoms. The monoisotopic (exact) mass is 201 g/mol. The minimum absolute atomic E-state index is 0.0223. The van der Waals surface area contributed by atoms with Gasteiger partial charge in [-0.1, -0.05) is 6.92 Å². The highest BCUT2D eigenvalue weighted by Gasteiger charge is 2.31. The van der Waals surface area contributed by atoms with Gasteiger partial charge in [0.1, 0.15) is 0 Å². The average molecular weight is 201 g/mol. The molecule has 0 radical (unpaired) electrons. The fourth-order valence-electron chi connectivity index (χ4n) is 1.04. The van der Waals surface area contributed by atoms with Gasteiger partial charge < -0.3 is 10.0 Å². The summed E-state index contributed by atoms with van der Waals surface area (Å²) in [6, 6.07) is 0. The molecule has 0 saturated carbocycles. The van der Waals surface area contributed by atoms with Gasteiger partial charge in [-0.3, -0.25) is 9.59 Å². The van der Waals surface area contributed by atoms with Gasteiger partial charge in [0, 0.05) is 20.5 Å². The maximum Gasteiger partial charge on any atom is 0.309 e. The number of carboxylic acids is 1. The molecule has 1 atom stereocenters. The van der Waals surface area contributed by atoms with Crippen molar-refractivity contribution in [1.82, 2.24) is 4.90 Å². The van der Waals surface area contributed by atoms with Crippen molar-refractivity contribution in [3.05, 3.63) is 0 Å². The molecule has 14 heavy (non-hydrogen) atoms. The van der Waals surface area contributed by atoms with Gasteiger partial charge in [-0.05, 0) is 19.8 Å². The molecule has 0 fully saturated rings. The molecule has 0 bridgehead atoms. The van der Waals surface area contributed by atoms with Gasteiger partial charge in [0.25, 0.3) is 0 Å². The van der Waals surface area contributed by atoms with Crippen LogP contribution in [-0.2, 0) is 9.59 Å². The highest BCUT2D eigenvalue weighted by molar-refractivity contribution is 5.78. The number of carbonyl (C=O) groups is 2. The van der Waals surface area contributed by atoms with Gasteiger partial charge in [-0.25, -0.2) is 0 Å². The van der Waals surface area contributed by atoms with E-state index in [0.717, 1.165) is 0 Å². The summed E-state index contributed by atoms with van der Waals surface area (Å²) in [6.45, 7) is 3.51. The van der Waals surface area contributed by atoms with Gasteiger partial charge in [-0.15, -0.1) is 0 Å². The molecule has 0 rings (SSSR count). The van der Waals surface area contributed by atoms with Crippen LogP contribution in [0, 0.1) is 5.41 Å². The molecule has 1 N–H and O–H groups in total. The lowest BCUT2D eigenvalue weighted by Gasteiger charge is -2.23. The van der Waals surface area contributed by atoms with Gasteiger partial charge in [0.05, 0.1) is 5.41 Å². The second-order valence-corrected chi connectivity index (χ2v) is 4.01. The molecule has 0 aliphatic carbocycles. The summed E-state index contributed by atoms with van der Waals surface area (Å²) in [5, 5.41) is 8.96. The van der Waals surface area contributed by atoms with Crippen molar-refractivity contribution < 1.29 is 14.7 Å². The molecule has 0 aromatic heterocycles. The number of nitrogens with zero attached hydrogens (tertiary/aromatic N) is 1. The Bertz CT molecular complexity index is 225. The first-order valence-electron chi connectivity index (χ1n) is 4.77. The lowest BCUT2D eigenvalue weighted by Crippen LogP contribution is -2.30. The Hall–Kier alpha value is -1.06. The molecular weight excluding hydrogens is 182 g/mol. The number of amides is 1. The van der Waals surface area contributed by atoms with E-state index < -0.39 is 11.4 Å². The third kappa shape index (κ3) is 3.36. The topological polar surface area (TPSA) is 57.6 Å². The Kier molecular flexibility index (Phi) is 4.60. The van der Waals surface area contributed by atoms with Crippen LogP contribution in [0.3, 0.4) is 0 Å². The highest BCUT2D eigenvalue weighted by atomic mass is 16.4. The lowest BCUT2D eigenvalue weighted by atomic mass is 9.83. The van der Waals surface area contributed by atoms with Crippen molar-refractivity contribution in [2.45, 2.75) is 33.1 Å². The SMILES string of the molecule is CCC(C)(CCC(=O)N(C)C)C(=O)O. The van der Waals surface area contributed by atoms with Gasteiger partial charge in [-0.2, -0.15) is 0 Å². The fourth-order valence-corrected chi connectivity index (χ4v) is 1.04. The maximum absolute atomic E-state index is 11.3. The molecule has 0 aliphatic heterocycles. The molecule has 0 aromatic rings. The van der Waals surface area contributed by atoms with Gasteiger partial charge in [0.15, 0.2) is 0 Å². The van der Waals surface area contributed by atoms with Crippen molar-refractivity contribution >= 4 is 11.9 Å². The van der Waals surface area contributed by atoms with Crippen LogP contribution < -0.4 is 0 Å². The van der Waals surface area contributed by atoms with E-state index in [9.17, 15) is 9.59 Å². The summed E-state index contributed by atoms with van der Waals surface area (Å²) in [6.07, 6.45) is 1.24. The lowest BCUT2D eigenvalue weighted by molar-refractivity contribution is -0.149. The van der Waals surface area contributed by atoms with Crippen LogP contribution >= 0.6 is 0 Å². The van der Waals surface area contributed by atoms with Crippen LogP contribution in [0.5, 0.6) is 0 Å². The second-order valence-electron chi connectivity index (χ2n) is 4.01. The van der Waals surface area contributed by atoms with E-state index in [4.69, 9.17) is 5.11 Å².